The molecule has 0 fully saturated rings. The molecule has 7 heavy (non-hydrogen) atoms. The molecule has 0 aromatic heterocycles. The Morgan fingerprint density at radius 3 is 1.86 bits per heavy atom. The van der Waals surface area contributed by atoms with Gasteiger partial charge in [-0.2, -0.15) is 8.42 Å². The van der Waals surface area contributed by atoms with E-state index in [1.807, 2.05) is 0 Å². The fourth-order valence-electron chi connectivity index (χ4n) is 0.0149. The minimum absolute atomic E-state index is 1.44. The van der Waals surface area contributed by atoms with Crippen molar-refractivity contribution < 1.29 is 8.42 Å². The fourth-order valence-corrected chi connectivity index (χ4v) is 0.0447. The summed E-state index contributed by atoms with van der Waals surface area (Å²) in [6.07, 6.45) is 0. The molecule has 39 valence electrons. The summed E-state index contributed by atoms with van der Waals surface area (Å²) in [4.78, 5) is 8.97. The standard InChI is InChI=1S/N3O3S/c1-2-7(5,6)3-4. The highest BCUT2D eigenvalue weighted by Gasteiger charge is 2.02. The van der Waals surface area contributed by atoms with Crippen LogP contribution in [-0.2, 0) is 10.2 Å². The van der Waals surface area contributed by atoms with E-state index in [0.29, 0.717) is 0 Å². The number of nitrogens with zero attached hydrogens (tertiary/aromatic N) is 3. The zero-order valence-electron chi connectivity index (χ0n) is 2.97. The maximum atomic E-state index is 9.47. The third-order valence-corrected chi connectivity index (χ3v) is 0.592. The lowest BCUT2D eigenvalue weighted by molar-refractivity contribution is 0.597. The minimum atomic E-state index is -4.41. The van der Waals surface area contributed by atoms with Crippen molar-refractivity contribution in [1.29, 1.82) is 0 Å². The monoisotopic (exact) mass is 122 g/mol. The van der Waals surface area contributed by atoms with Crippen LogP contribution in [0.2, 0.25) is 0 Å². The third-order valence-electron chi connectivity index (χ3n) is 0.197. The van der Waals surface area contributed by atoms with Crippen LogP contribution in [0.5, 0.6) is 0 Å². The average Bonchev–Trinajstić information content (AvgIpc) is 1.68. The molecule has 6 nitrogen and oxygen atoms in total. The second-order valence-electron chi connectivity index (χ2n) is 0.604. The summed E-state index contributed by atoms with van der Waals surface area (Å²) in [5, 5.41) is 0. The van der Waals surface area contributed by atoms with Gasteiger partial charge in [0.1, 0.15) is 0 Å². The van der Waals surface area contributed by atoms with Gasteiger partial charge in [-0.1, -0.05) is 0 Å². The van der Waals surface area contributed by atoms with Crippen molar-refractivity contribution in [2.24, 2.45) is 9.10 Å². The van der Waals surface area contributed by atoms with E-state index < -0.39 is 10.2 Å². The third kappa shape index (κ3) is 1.93. The van der Waals surface area contributed by atoms with E-state index in [9.17, 15) is 8.42 Å². The predicted molar refractivity (Wildman–Crippen MR) is 19.3 cm³/mol. The molecule has 0 aromatic rings. The van der Waals surface area contributed by atoms with Crippen molar-refractivity contribution in [2.75, 3.05) is 0 Å². The van der Waals surface area contributed by atoms with Gasteiger partial charge >= 0.3 is 10.2 Å². The van der Waals surface area contributed by atoms with Gasteiger partial charge in [0, 0.05) is 0 Å². The average molecular weight is 122 g/mol. The molecule has 0 atom stereocenters. The molecule has 0 aliphatic heterocycles. The van der Waals surface area contributed by atoms with Crippen molar-refractivity contribution in [2.45, 2.75) is 0 Å². The first kappa shape index (κ1) is 6.15. The lowest BCUT2D eigenvalue weighted by Gasteiger charge is -1.68. The zero-order valence-corrected chi connectivity index (χ0v) is 3.79. The van der Waals surface area contributed by atoms with Crippen LogP contribution in [0, 0.1) is 4.91 Å². The number of nitroso groups, excluding NO2 is 1. The second-order valence-corrected chi connectivity index (χ2v) is 1.81. The molecule has 0 bridgehead atoms. The molecule has 0 heterocycles. The highest BCUT2D eigenvalue weighted by atomic mass is 32.2. The normalized spacial score (nSPS) is 10.3. The molecular weight excluding hydrogens is 122 g/mol. The molecule has 0 amide bonds. The molecule has 0 spiro atoms. The van der Waals surface area contributed by atoms with Crippen LogP contribution in [0.4, 0.5) is 0 Å². The lowest BCUT2D eigenvalue weighted by Crippen LogP contribution is -1.84. The van der Waals surface area contributed by atoms with E-state index in [2.05, 4.69) is 0 Å². The van der Waals surface area contributed by atoms with Gasteiger partial charge in [-0.15, -0.1) is 4.91 Å². The molecule has 0 unspecified atom stereocenters. The molecule has 0 saturated heterocycles. The Morgan fingerprint density at radius 1 is 1.43 bits per heavy atom. The molecule has 0 saturated carbocycles. The van der Waals surface area contributed by atoms with Crippen LogP contribution in [0.15, 0.2) is 9.10 Å². The van der Waals surface area contributed by atoms with E-state index in [1.54, 1.807) is 4.52 Å². The SMILES string of the molecule is [N]=NS(=O)(=O)N=O. The maximum Gasteiger partial charge on any atom is 0.416 e. The number of hydrogen-bond donors (Lipinski definition) is 0. The van der Waals surface area contributed by atoms with Crippen LogP contribution in [-0.4, -0.2) is 8.42 Å². The van der Waals surface area contributed by atoms with E-state index in [0.717, 1.165) is 0 Å². The molecule has 1 radical (unpaired) electrons. The van der Waals surface area contributed by atoms with E-state index >= 15 is 0 Å². The first-order chi connectivity index (χ1) is 3.12. The molecular formula is N3O3S. The van der Waals surface area contributed by atoms with Crippen molar-refractivity contribution in [3.8, 4) is 0 Å². The fraction of sp³-hybridized carbons (Fsp3) is 0. The van der Waals surface area contributed by atoms with Gasteiger partial charge in [0.2, 0.25) is 0 Å². The predicted octanol–water partition coefficient (Wildman–Crippen LogP) is -0.750. The van der Waals surface area contributed by atoms with E-state index in [1.165, 1.54) is 4.58 Å². The van der Waals surface area contributed by atoms with E-state index in [4.69, 9.17) is 10.4 Å². The zero-order chi connectivity index (χ0) is 5.91. The van der Waals surface area contributed by atoms with Crippen molar-refractivity contribution in [3.63, 3.8) is 0 Å². The first-order valence-corrected chi connectivity index (χ1v) is 2.48. The Labute approximate surface area is 39.2 Å². The Hall–Kier alpha value is -0.850. The maximum absolute atomic E-state index is 9.47. The van der Waals surface area contributed by atoms with Gasteiger partial charge in [-0.3, -0.25) is 0 Å². The summed E-state index contributed by atoms with van der Waals surface area (Å²) >= 11 is 0. The molecule has 0 N–H and O–H groups in total. The number of hydrogen-bond acceptors (Lipinski definition) is 3. The van der Waals surface area contributed by atoms with Crippen LogP contribution in [0.1, 0.15) is 0 Å². The summed E-state index contributed by atoms with van der Waals surface area (Å²) in [6, 6.07) is 0. The Bertz CT molecular complexity index is 151. The molecule has 0 aliphatic rings. The Morgan fingerprint density at radius 2 is 1.86 bits per heavy atom. The van der Waals surface area contributed by atoms with Gasteiger partial charge in [0.05, 0.1) is 4.58 Å². The van der Waals surface area contributed by atoms with Crippen LogP contribution < -0.4 is 5.53 Å². The summed E-state index contributed by atoms with van der Waals surface area (Å²) in [5.41, 5.74) is 7.34. The van der Waals surface area contributed by atoms with Gasteiger partial charge in [0.15, 0.2) is 0 Å². The smallest absolute Gasteiger partial charge is 0.174 e. The van der Waals surface area contributed by atoms with Crippen LogP contribution in [0.3, 0.4) is 0 Å². The van der Waals surface area contributed by atoms with Crippen molar-refractivity contribution in [1.82, 2.24) is 5.53 Å². The van der Waals surface area contributed by atoms with Crippen LogP contribution >= 0.6 is 0 Å². The number of rotatable bonds is 2. The largest absolute Gasteiger partial charge is 0.416 e. The first-order valence-electron chi connectivity index (χ1n) is 1.08. The van der Waals surface area contributed by atoms with Gasteiger partial charge in [-0.25, -0.2) is 0 Å². The highest BCUT2D eigenvalue weighted by Crippen LogP contribution is 1.86. The summed E-state index contributed by atoms with van der Waals surface area (Å²) in [6.45, 7) is 0. The highest BCUT2D eigenvalue weighted by molar-refractivity contribution is 7.88. The molecule has 7 heteroatoms. The molecule has 0 aliphatic carbocycles. The Balaban J connectivity index is 4.49. The van der Waals surface area contributed by atoms with Crippen molar-refractivity contribution in [3.05, 3.63) is 4.91 Å². The minimum Gasteiger partial charge on any atom is -0.174 e. The second kappa shape index (κ2) is 1.73. The summed E-state index contributed by atoms with van der Waals surface area (Å²) < 4.78 is 22.0. The topological polar surface area (TPSA) is 98.2 Å². The lowest BCUT2D eigenvalue weighted by atomic mass is 13.3. The Kier molecular flexibility index (Phi) is 1.52. The summed E-state index contributed by atoms with van der Waals surface area (Å²) in [7, 11) is -4.41. The van der Waals surface area contributed by atoms with E-state index in [-0.39, 0.29) is 0 Å². The van der Waals surface area contributed by atoms with Crippen LogP contribution in [0.25, 0.3) is 0 Å². The van der Waals surface area contributed by atoms with Gasteiger partial charge in [-0.05, 0) is 10.1 Å². The summed E-state index contributed by atoms with van der Waals surface area (Å²) in [5.74, 6) is 0. The van der Waals surface area contributed by atoms with Gasteiger partial charge in [0.25, 0.3) is 0 Å². The molecule has 0 aromatic carbocycles. The molecule has 0 rings (SSSR count). The van der Waals surface area contributed by atoms with Gasteiger partial charge < -0.3 is 0 Å². The quantitative estimate of drug-likeness (QED) is 0.355. The van der Waals surface area contributed by atoms with Crippen molar-refractivity contribution >= 4 is 10.2 Å².